The second-order valence-electron chi connectivity index (χ2n) is 3.85. The summed E-state index contributed by atoms with van der Waals surface area (Å²) in [6.45, 7) is 0. The van der Waals surface area contributed by atoms with Crippen molar-refractivity contribution in [2.45, 2.75) is 0 Å². The highest BCUT2D eigenvalue weighted by Crippen LogP contribution is 2.26. The number of hydrogen-bond acceptors (Lipinski definition) is 3. The molecule has 0 unspecified atom stereocenters. The number of carbonyl (C=O) groups is 1. The van der Waals surface area contributed by atoms with Gasteiger partial charge in [0.15, 0.2) is 0 Å². The zero-order valence-electron chi connectivity index (χ0n) is 9.65. The summed E-state index contributed by atoms with van der Waals surface area (Å²) in [5.41, 5.74) is 6.63. The summed E-state index contributed by atoms with van der Waals surface area (Å²) in [6, 6.07) is 8.88. The van der Waals surface area contributed by atoms with Crippen molar-refractivity contribution in [1.29, 1.82) is 0 Å². The number of hydrogen-bond donors (Lipinski definition) is 3. The molecule has 0 saturated carbocycles. The van der Waals surface area contributed by atoms with E-state index in [9.17, 15) is 9.90 Å². The number of rotatable bonds is 2. The summed E-state index contributed by atoms with van der Waals surface area (Å²) < 4.78 is 0. The first-order chi connectivity index (χ1) is 8.97. The molecule has 0 bridgehead atoms. The minimum Gasteiger partial charge on any atom is -0.508 e. The fraction of sp³-hybridized carbons (Fsp3) is 0. The van der Waals surface area contributed by atoms with Gasteiger partial charge in [-0.15, -0.1) is 0 Å². The molecule has 0 saturated heterocycles. The molecule has 0 aromatic heterocycles. The van der Waals surface area contributed by atoms with Crippen LogP contribution in [0.25, 0.3) is 0 Å². The summed E-state index contributed by atoms with van der Waals surface area (Å²) in [5.74, 6) is -0.472. The molecule has 4 nitrogen and oxygen atoms in total. The number of anilines is 2. The number of benzene rings is 2. The number of phenolic OH excluding ortho intramolecular Hbond substituents is 1. The first-order valence-corrected chi connectivity index (χ1v) is 6.08. The van der Waals surface area contributed by atoms with E-state index in [-0.39, 0.29) is 17.0 Å². The van der Waals surface area contributed by atoms with Crippen LogP contribution in [0.15, 0.2) is 36.4 Å². The van der Waals surface area contributed by atoms with Gasteiger partial charge in [-0.25, -0.2) is 0 Å². The Hall–Kier alpha value is -1.91. The Kier molecular flexibility index (Phi) is 3.83. The number of aromatic hydroxyl groups is 1. The van der Waals surface area contributed by atoms with Crippen molar-refractivity contribution in [1.82, 2.24) is 0 Å². The number of phenols is 1. The van der Waals surface area contributed by atoms with Crippen LogP contribution < -0.4 is 11.1 Å². The molecule has 0 aliphatic carbocycles. The average Bonchev–Trinajstić information content (AvgIpc) is 2.36. The Morgan fingerprint density at radius 1 is 1.11 bits per heavy atom. The monoisotopic (exact) mass is 296 g/mol. The van der Waals surface area contributed by atoms with Crippen LogP contribution in [0.4, 0.5) is 11.4 Å². The van der Waals surface area contributed by atoms with Gasteiger partial charge in [-0.05, 0) is 36.4 Å². The van der Waals surface area contributed by atoms with Gasteiger partial charge in [-0.3, -0.25) is 4.79 Å². The minimum absolute atomic E-state index is 0.0338. The third-order valence-corrected chi connectivity index (χ3v) is 3.20. The maximum Gasteiger partial charge on any atom is 0.257 e. The van der Waals surface area contributed by atoms with E-state index >= 15 is 0 Å². The van der Waals surface area contributed by atoms with Crippen LogP contribution in [0.1, 0.15) is 10.4 Å². The Morgan fingerprint density at radius 3 is 2.53 bits per heavy atom. The number of amides is 1. The number of nitrogens with two attached hydrogens (primary N) is 1. The molecule has 19 heavy (non-hydrogen) atoms. The summed E-state index contributed by atoms with van der Waals surface area (Å²) in [7, 11) is 0. The number of nitrogen functional groups attached to an aromatic ring is 1. The van der Waals surface area contributed by atoms with Crippen molar-refractivity contribution in [3.63, 3.8) is 0 Å². The minimum atomic E-state index is -0.438. The first-order valence-electron chi connectivity index (χ1n) is 5.32. The van der Waals surface area contributed by atoms with Crippen molar-refractivity contribution >= 4 is 40.5 Å². The van der Waals surface area contributed by atoms with Crippen LogP contribution in [0.3, 0.4) is 0 Å². The van der Waals surface area contributed by atoms with E-state index in [1.165, 1.54) is 24.3 Å². The lowest BCUT2D eigenvalue weighted by molar-refractivity contribution is 0.102. The molecule has 0 radical (unpaired) electrons. The smallest absolute Gasteiger partial charge is 0.257 e. The number of carbonyl (C=O) groups excluding carboxylic acids is 1. The number of nitrogens with one attached hydrogen (secondary N) is 1. The van der Waals surface area contributed by atoms with E-state index in [0.717, 1.165) is 0 Å². The molecule has 0 aliphatic heterocycles. The molecule has 6 heteroatoms. The van der Waals surface area contributed by atoms with E-state index in [1.807, 2.05) is 0 Å². The zero-order chi connectivity index (χ0) is 14.0. The average molecular weight is 297 g/mol. The van der Waals surface area contributed by atoms with Gasteiger partial charge in [0, 0.05) is 11.4 Å². The van der Waals surface area contributed by atoms with Crippen LogP contribution >= 0.6 is 23.2 Å². The van der Waals surface area contributed by atoms with Crippen LogP contribution in [0.5, 0.6) is 5.75 Å². The van der Waals surface area contributed by atoms with E-state index in [4.69, 9.17) is 28.9 Å². The van der Waals surface area contributed by atoms with Gasteiger partial charge in [0.1, 0.15) is 5.75 Å². The Morgan fingerprint density at radius 2 is 1.84 bits per heavy atom. The lowest BCUT2D eigenvalue weighted by Gasteiger charge is -2.08. The maximum absolute atomic E-state index is 12.0. The molecule has 2 aromatic rings. The summed E-state index contributed by atoms with van der Waals surface area (Å²) in [6.07, 6.45) is 0. The molecule has 2 aromatic carbocycles. The Bertz CT molecular complexity index is 645. The van der Waals surface area contributed by atoms with Crippen molar-refractivity contribution in [3.05, 3.63) is 52.0 Å². The fourth-order valence-electron chi connectivity index (χ4n) is 1.51. The van der Waals surface area contributed by atoms with Gasteiger partial charge in [0.25, 0.3) is 5.91 Å². The molecule has 0 fully saturated rings. The molecule has 98 valence electrons. The molecule has 0 spiro atoms. The third-order valence-electron chi connectivity index (χ3n) is 2.46. The van der Waals surface area contributed by atoms with Gasteiger partial charge < -0.3 is 16.2 Å². The van der Waals surface area contributed by atoms with E-state index < -0.39 is 5.91 Å². The third kappa shape index (κ3) is 3.10. The lowest BCUT2D eigenvalue weighted by Crippen LogP contribution is -2.13. The molecule has 2 rings (SSSR count). The second kappa shape index (κ2) is 5.38. The van der Waals surface area contributed by atoms with Crippen molar-refractivity contribution in [2.24, 2.45) is 0 Å². The first kappa shape index (κ1) is 13.5. The standard InChI is InChI=1S/C13H10Cl2N2O2/c14-10-3-1-7(5-11(10)15)17-13(19)9-6-8(18)2-4-12(9)16/h1-6,18H,16H2,(H,17,19). The summed E-state index contributed by atoms with van der Waals surface area (Å²) in [5, 5.41) is 12.7. The van der Waals surface area contributed by atoms with E-state index in [2.05, 4.69) is 5.32 Å². The largest absolute Gasteiger partial charge is 0.508 e. The van der Waals surface area contributed by atoms with E-state index in [1.54, 1.807) is 12.1 Å². The normalized spacial score (nSPS) is 10.2. The summed E-state index contributed by atoms with van der Waals surface area (Å²) in [4.78, 5) is 12.0. The highest BCUT2D eigenvalue weighted by Gasteiger charge is 2.11. The SMILES string of the molecule is Nc1ccc(O)cc1C(=O)Nc1ccc(Cl)c(Cl)c1. The maximum atomic E-state index is 12.0. The van der Waals surface area contributed by atoms with E-state index in [0.29, 0.717) is 15.7 Å². The van der Waals surface area contributed by atoms with Gasteiger partial charge in [0.2, 0.25) is 0 Å². The highest BCUT2D eigenvalue weighted by molar-refractivity contribution is 6.42. The highest BCUT2D eigenvalue weighted by atomic mass is 35.5. The van der Waals surface area contributed by atoms with Crippen LogP contribution in [-0.4, -0.2) is 11.0 Å². The predicted molar refractivity (Wildman–Crippen MR) is 76.9 cm³/mol. The molecular weight excluding hydrogens is 287 g/mol. The Balaban J connectivity index is 2.25. The van der Waals surface area contributed by atoms with Gasteiger partial charge in [0.05, 0.1) is 15.6 Å². The van der Waals surface area contributed by atoms with Gasteiger partial charge >= 0.3 is 0 Å². The molecule has 4 N–H and O–H groups in total. The molecule has 1 amide bonds. The number of halogens is 2. The van der Waals surface area contributed by atoms with Crippen LogP contribution in [0, 0.1) is 0 Å². The zero-order valence-corrected chi connectivity index (χ0v) is 11.2. The van der Waals surface area contributed by atoms with Gasteiger partial charge in [-0.2, -0.15) is 0 Å². The van der Waals surface area contributed by atoms with Crippen LogP contribution in [0.2, 0.25) is 10.0 Å². The summed E-state index contributed by atoms with van der Waals surface area (Å²) >= 11 is 11.6. The second-order valence-corrected chi connectivity index (χ2v) is 4.67. The van der Waals surface area contributed by atoms with Crippen molar-refractivity contribution in [3.8, 4) is 5.75 Å². The molecule has 0 aliphatic rings. The van der Waals surface area contributed by atoms with Crippen LogP contribution in [-0.2, 0) is 0 Å². The van der Waals surface area contributed by atoms with Crippen molar-refractivity contribution in [2.75, 3.05) is 11.1 Å². The molecular formula is C13H10Cl2N2O2. The topological polar surface area (TPSA) is 75.3 Å². The van der Waals surface area contributed by atoms with Gasteiger partial charge in [-0.1, -0.05) is 23.2 Å². The van der Waals surface area contributed by atoms with Crippen molar-refractivity contribution < 1.29 is 9.90 Å². The molecule has 0 heterocycles. The Labute approximate surface area is 119 Å². The lowest BCUT2D eigenvalue weighted by atomic mass is 10.1. The molecule has 0 atom stereocenters. The predicted octanol–water partition coefficient (Wildman–Crippen LogP) is 3.53. The quantitative estimate of drug-likeness (QED) is 0.586. The fourth-order valence-corrected chi connectivity index (χ4v) is 1.81.